The fraction of sp³-hybridized carbons (Fsp3) is 1.00. The molecule has 0 spiro atoms. The summed E-state index contributed by atoms with van der Waals surface area (Å²) in [7, 11) is 0.0345. The third-order valence-electron chi connectivity index (χ3n) is 1.17. The lowest BCUT2D eigenvalue weighted by Crippen LogP contribution is -2.04. The molecule has 0 heterocycles. The largest absolute Gasteiger partial charge is 0.233 e. The van der Waals surface area contributed by atoms with Crippen LogP contribution >= 0.6 is 48.8 Å². The Morgan fingerprint density at radius 3 is 2.11 bits per heavy atom. The third-order valence-corrected chi connectivity index (χ3v) is 6.57. The van der Waals surface area contributed by atoms with E-state index < -0.39 is 0 Å². The van der Waals surface area contributed by atoms with Crippen LogP contribution in [-0.2, 0) is 0 Å². The van der Waals surface area contributed by atoms with E-state index in [2.05, 4.69) is 44.8 Å². The van der Waals surface area contributed by atoms with Gasteiger partial charge in [0.1, 0.15) is 0 Å². The zero-order chi connectivity index (χ0) is 7.28. The molecule has 0 saturated heterocycles. The molecule has 0 aromatic carbocycles. The standard InChI is InChI=1S/C5H14S4/c1-2-9(4-7)5(8)3-6/h5-9H,2-4H2,1H3. The van der Waals surface area contributed by atoms with E-state index >= 15 is 0 Å². The minimum Gasteiger partial charge on any atom is -0.233 e. The average molecular weight is 202 g/mol. The second-order valence-electron chi connectivity index (χ2n) is 1.71. The van der Waals surface area contributed by atoms with Gasteiger partial charge in [-0.2, -0.15) is 37.9 Å². The number of thiol groups is 4. The van der Waals surface area contributed by atoms with Gasteiger partial charge in [0.2, 0.25) is 0 Å². The van der Waals surface area contributed by atoms with Crippen molar-refractivity contribution in [2.75, 3.05) is 16.6 Å². The summed E-state index contributed by atoms with van der Waals surface area (Å²) in [4.78, 5) is 0. The van der Waals surface area contributed by atoms with Gasteiger partial charge in [0.05, 0.1) is 0 Å². The van der Waals surface area contributed by atoms with Crippen molar-refractivity contribution in [3.05, 3.63) is 0 Å². The number of hydrogen-bond donors (Lipinski definition) is 4. The van der Waals surface area contributed by atoms with Crippen molar-refractivity contribution in [2.45, 2.75) is 11.5 Å². The molecule has 0 nitrogen and oxygen atoms in total. The highest BCUT2D eigenvalue weighted by Gasteiger charge is 2.07. The van der Waals surface area contributed by atoms with Gasteiger partial charge in [-0.15, -0.1) is 0 Å². The van der Waals surface area contributed by atoms with Crippen molar-refractivity contribution in [3.63, 3.8) is 0 Å². The van der Waals surface area contributed by atoms with Gasteiger partial charge in [-0.3, -0.25) is 0 Å². The molecule has 0 aliphatic heterocycles. The minimum atomic E-state index is 0.0345. The van der Waals surface area contributed by atoms with Crippen molar-refractivity contribution in [2.24, 2.45) is 0 Å². The van der Waals surface area contributed by atoms with Gasteiger partial charge in [0.15, 0.2) is 0 Å². The number of rotatable bonds is 4. The van der Waals surface area contributed by atoms with Crippen molar-refractivity contribution in [3.8, 4) is 0 Å². The summed E-state index contributed by atoms with van der Waals surface area (Å²) in [5.74, 6) is 2.09. The van der Waals surface area contributed by atoms with Gasteiger partial charge >= 0.3 is 0 Å². The van der Waals surface area contributed by atoms with Crippen LogP contribution in [0.5, 0.6) is 0 Å². The fourth-order valence-corrected chi connectivity index (χ4v) is 4.57. The van der Waals surface area contributed by atoms with Crippen LogP contribution in [-0.4, -0.2) is 21.2 Å². The number of hydrogen-bond acceptors (Lipinski definition) is 3. The monoisotopic (exact) mass is 202 g/mol. The molecule has 2 atom stereocenters. The highest BCUT2D eigenvalue weighted by Crippen LogP contribution is 2.34. The van der Waals surface area contributed by atoms with Gasteiger partial charge < -0.3 is 0 Å². The van der Waals surface area contributed by atoms with Crippen LogP contribution in [0.25, 0.3) is 0 Å². The Hall–Kier alpha value is 1.40. The first-order valence-electron chi connectivity index (χ1n) is 2.90. The van der Waals surface area contributed by atoms with Gasteiger partial charge in [0.25, 0.3) is 0 Å². The lowest BCUT2D eigenvalue weighted by molar-refractivity contribution is 1.40. The average Bonchev–Trinajstić information content (AvgIpc) is 1.90. The molecule has 0 aliphatic rings. The lowest BCUT2D eigenvalue weighted by Gasteiger charge is -2.22. The lowest BCUT2D eigenvalue weighted by atomic mass is 10.9. The first-order valence-corrected chi connectivity index (χ1v) is 6.46. The van der Waals surface area contributed by atoms with Gasteiger partial charge in [-0.25, -0.2) is 10.9 Å². The maximum Gasteiger partial charge on any atom is 0.0389 e. The van der Waals surface area contributed by atoms with Crippen LogP contribution in [0.2, 0.25) is 0 Å². The second kappa shape index (κ2) is 6.13. The molecular weight excluding hydrogens is 188 g/mol. The van der Waals surface area contributed by atoms with Crippen molar-refractivity contribution in [1.29, 1.82) is 0 Å². The minimum absolute atomic E-state index is 0.0345. The Morgan fingerprint density at radius 1 is 1.44 bits per heavy atom. The van der Waals surface area contributed by atoms with E-state index in [-0.39, 0.29) is 10.9 Å². The van der Waals surface area contributed by atoms with Crippen LogP contribution in [0.15, 0.2) is 0 Å². The Morgan fingerprint density at radius 2 is 2.00 bits per heavy atom. The third kappa shape index (κ3) is 3.96. The molecule has 4 heteroatoms. The van der Waals surface area contributed by atoms with E-state index in [1.165, 1.54) is 5.75 Å². The van der Waals surface area contributed by atoms with Crippen molar-refractivity contribution >= 4 is 48.8 Å². The summed E-state index contributed by atoms with van der Waals surface area (Å²) < 4.78 is 0.478. The Bertz CT molecular complexity index is 62.0. The summed E-state index contributed by atoms with van der Waals surface area (Å²) in [6.07, 6.45) is 0. The highest BCUT2D eigenvalue weighted by molar-refractivity contribution is 8.28. The first kappa shape index (κ1) is 10.4. The second-order valence-corrected chi connectivity index (χ2v) is 6.67. The maximum atomic E-state index is 4.39. The zero-order valence-electron chi connectivity index (χ0n) is 5.49. The summed E-state index contributed by atoms with van der Waals surface area (Å²) in [6.45, 7) is 2.19. The van der Waals surface area contributed by atoms with E-state index in [1.54, 1.807) is 0 Å². The molecule has 0 amide bonds. The molecule has 0 fully saturated rings. The van der Waals surface area contributed by atoms with E-state index in [4.69, 9.17) is 0 Å². The van der Waals surface area contributed by atoms with Crippen LogP contribution < -0.4 is 0 Å². The van der Waals surface area contributed by atoms with Crippen LogP contribution in [0.1, 0.15) is 6.92 Å². The van der Waals surface area contributed by atoms with Crippen LogP contribution in [0.4, 0.5) is 0 Å². The first-order chi connectivity index (χ1) is 4.26. The predicted molar refractivity (Wildman–Crippen MR) is 60.0 cm³/mol. The molecule has 9 heavy (non-hydrogen) atoms. The molecule has 0 rings (SSSR count). The molecule has 0 aliphatic carbocycles. The highest BCUT2D eigenvalue weighted by atomic mass is 32.3. The molecule has 0 radical (unpaired) electrons. The zero-order valence-corrected chi connectivity index (χ0v) is 9.07. The summed E-state index contributed by atoms with van der Waals surface area (Å²) in [6, 6.07) is 0. The smallest absolute Gasteiger partial charge is 0.0389 e. The SMILES string of the molecule is CC[SH](CS)C(S)CS. The fourth-order valence-electron chi connectivity index (χ4n) is 0.520. The molecule has 0 aromatic rings. The van der Waals surface area contributed by atoms with E-state index in [0.29, 0.717) is 4.58 Å². The summed E-state index contributed by atoms with van der Waals surface area (Å²) >= 11 is 12.8. The Balaban J connectivity index is 3.50. The van der Waals surface area contributed by atoms with Gasteiger partial charge in [0, 0.05) is 15.4 Å². The quantitative estimate of drug-likeness (QED) is 0.493. The molecule has 0 bridgehead atoms. The van der Waals surface area contributed by atoms with Gasteiger partial charge in [-0.05, 0) is 5.75 Å². The summed E-state index contributed by atoms with van der Waals surface area (Å²) in [5.41, 5.74) is 0. The normalized spacial score (nSPS) is 19.3. The van der Waals surface area contributed by atoms with Crippen molar-refractivity contribution < 1.29 is 0 Å². The molecule has 0 saturated carbocycles. The van der Waals surface area contributed by atoms with E-state index in [0.717, 1.165) is 10.8 Å². The molecular formula is C5H14S4. The molecule has 0 aromatic heterocycles. The topological polar surface area (TPSA) is 0 Å². The summed E-state index contributed by atoms with van der Waals surface area (Å²) in [5, 5.41) is 0.987. The molecule has 2 unspecified atom stereocenters. The van der Waals surface area contributed by atoms with Crippen LogP contribution in [0.3, 0.4) is 0 Å². The van der Waals surface area contributed by atoms with Gasteiger partial charge in [-0.1, -0.05) is 6.92 Å². The van der Waals surface area contributed by atoms with E-state index in [1.807, 2.05) is 0 Å². The predicted octanol–water partition coefficient (Wildman–Crippen LogP) is 2.08. The Kier molecular flexibility index (Phi) is 7.09. The Labute approximate surface area is 76.8 Å². The molecule has 0 N–H and O–H groups in total. The maximum absolute atomic E-state index is 4.39. The van der Waals surface area contributed by atoms with Crippen molar-refractivity contribution in [1.82, 2.24) is 0 Å². The van der Waals surface area contributed by atoms with E-state index in [9.17, 15) is 0 Å². The van der Waals surface area contributed by atoms with Crippen LogP contribution in [0, 0.1) is 0 Å². The molecule has 58 valence electrons.